The van der Waals surface area contributed by atoms with Crippen LogP contribution in [0.5, 0.6) is 0 Å². The molecule has 0 saturated carbocycles. The van der Waals surface area contributed by atoms with E-state index in [2.05, 4.69) is 10.6 Å². The summed E-state index contributed by atoms with van der Waals surface area (Å²) in [6, 6.07) is 0. The maximum absolute atomic E-state index is 8.24. The van der Waals surface area contributed by atoms with E-state index in [1.54, 1.807) is 0 Å². The van der Waals surface area contributed by atoms with Crippen molar-refractivity contribution in [1.29, 1.82) is 0 Å². The van der Waals surface area contributed by atoms with Gasteiger partial charge in [0.05, 0.1) is 13.5 Å². The molecule has 0 unspecified atom stereocenters. The lowest BCUT2D eigenvalue weighted by Gasteiger charge is -2.00. The maximum atomic E-state index is 8.24. The fraction of sp³-hybridized carbons (Fsp3) is 1.00. The van der Waals surface area contributed by atoms with E-state index in [0.29, 0.717) is 0 Å². The number of hydrogen-bond donors (Lipinski definition) is 4. The molecule has 0 fully saturated rings. The van der Waals surface area contributed by atoms with Crippen molar-refractivity contribution in [3.63, 3.8) is 0 Å². The van der Waals surface area contributed by atoms with Crippen LogP contribution in [0.25, 0.3) is 0 Å². The molecule has 0 aliphatic heterocycles. The van der Waals surface area contributed by atoms with E-state index in [4.69, 9.17) is 10.2 Å². The van der Waals surface area contributed by atoms with Gasteiger partial charge < -0.3 is 10.2 Å². The second kappa shape index (κ2) is 7.84. The smallest absolute Gasteiger partial charge is 0.0931 e. The fourth-order valence-corrected chi connectivity index (χ4v) is 0.497. The van der Waals surface area contributed by atoms with Crippen molar-refractivity contribution in [1.82, 2.24) is 10.6 Å². The molecule has 0 atom stereocenters. The van der Waals surface area contributed by atoms with Crippen LogP contribution in [0.4, 0.5) is 0 Å². The first-order valence-electron chi connectivity index (χ1n) is 3.05. The lowest BCUT2D eigenvalue weighted by atomic mass is 10.4. The van der Waals surface area contributed by atoms with Gasteiger partial charge in [0.15, 0.2) is 0 Å². The van der Waals surface area contributed by atoms with Gasteiger partial charge in [0.25, 0.3) is 0 Å². The van der Waals surface area contributed by atoms with Crippen LogP contribution in [-0.2, 0) is 0 Å². The van der Waals surface area contributed by atoms with Crippen LogP contribution in [0.2, 0.25) is 0 Å². The van der Waals surface area contributed by atoms with Gasteiger partial charge in [-0.2, -0.15) is 0 Å². The summed E-state index contributed by atoms with van der Waals surface area (Å²) in [7, 11) is 0. The first-order valence-corrected chi connectivity index (χ1v) is 3.05. The minimum atomic E-state index is 0.0269. The predicted octanol–water partition coefficient (Wildman–Crippen LogP) is -1.54. The van der Waals surface area contributed by atoms with E-state index in [-0.39, 0.29) is 13.5 Å². The highest BCUT2D eigenvalue weighted by atomic mass is 16.3. The first-order chi connectivity index (χ1) is 4.41. The van der Waals surface area contributed by atoms with Crippen LogP contribution in [0.15, 0.2) is 0 Å². The van der Waals surface area contributed by atoms with Gasteiger partial charge in [-0.05, 0) is 19.5 Å². The number of aliphatic hydroxyl groups excluding tert-OH is 2. The minimum absolute atomic E-state index is 0.0269. The molecular formula is C5H14N2O2. The zero-order chi connectivity index (χ0) is 6.95. The molecule has 4 N–H and O–H groups in total. The zero-order valence-corrected chi connectivity index (χ0v) is 5.43. The molecule has 56 valence electrons. The summed E-state index contributed by atoms with van der Waals surface area (Å²) in [6.07, 6.45) is 0.918. The van der Waals surface area contributed by atoms with Gasteiger partial charge in [0.1, 0.15) is 0 Å². The summed E-state index contributed by atoms with van der Waals surface area (Å²) in [5.74, 6) is 0. The van der Waals surface area contributed by atoms with Gasteiger partial charge in [-0.3, -0.25) is 10.6 Å². The lowest BCUT2D eigenvalue weighted by molar-refractivity contribution is 0.250. The maximum Gasteiger partial charge on any atom is 0.0931 e. The van der Waals surface area contributed by atoms with Crippen molar-refractivity contribution >= 4 is 0 Å². The van der Waals surface area contributed by atoms with Crippen LogP contribution in [-0.4, -0.2) is 36.8 Å². The van der Waals surface area contributed by atoms with E-state index < -0.39 is 0 Å². The van der Waals surface area contributed by atoms with Crippen LogP contribution in [0.3, 0.4) is 0 Å². The Morgan fingerprint density at radius 2 is 1.33 bits per heavy atom. The van der Waals surface area contributed by atoms with Crippen LogP contribution in [0, 0.1) is 0 Å². The molecule has 0 radical (unpaired) electrons. The second-order valence-corrected chi connectivity index (χ2v) is 1.67. The predicted molar refractivity (Wildman–Crippen MR) is 34.8 cm³/mol. The molecule has 0 saturated heterocycles. The minimum Gasteiger partial charge on any atom is -0.381 e. The van der Waals surface area contributed by atoms with E-state index in [1.165, 1.54) is 0 Å². The molecule has 0 rings (SSSR count). The molecule has 0 aliphatic carbocycles. The van der Waals surface area contributed by atoms with Gasteiger partial charge >= 0.3 is 0 Å². The fourth-order valence-electron chi connectivity index (χ4n) is 0.497. The van der Waals surface area contributed by atoms with Gasteiger partial charge in [-0.1, -0.05) is 0 Å². The summed E-state index contributed by atoms with van der Waals surface area (Å²) < 4.78 is 0. The highest BCUT2D eigenvalue weighted by Crippen LogP contribution is 1.69. The zero-order valence-electron chi connectivity index (χ0n) is 5.43. The van der Waals surface area contributed by atoms with Crippen molar-refractivity contribution in [2.24, 2.45) is 0 Å². The Bertz CT molecular complexity index is 46.2. The molecule has 0 aromatic rings. The standard InChI is InChI=1S/C5H14N2O2/c8-4-6-2-1-3-7-5-9/h6-9H,1-5H2. The summed E-state index contributed by atoms with van der Waals surface area (Å²) in [5.41, 5.74) is 0. The molecule has 0 aromatic carbocycles. The Morgan fingerprint density at radius 3 is 1.67 bits per heavy atom. The Morgan fingerprint density at radius 1 is 0.889 bits per heavy atom. The van der Waals surface area contributed by atoms with Crippen molar-refractivity contribution in [3.05, 3.63) is 0 Å². The summed E-state index contributed by atoms with van der Waals surface area (Å²) in [4.78, 5) is 0. The third-order valence-corrected chi connectivity index (χ3v) is 0.931. The SMILES string of the molecule is OCNCCCNCO. The molecule has 4 nitrogen and oxygen atoms in total. The average Bonchev–Trinajstić information content (AvgIpc) is 1.89. The molecule has 4 heteroatoms. The molecule has 0 amide bonds. The second-order valence-electron chi connectivity index (χ2n) is 1.67. The van der Waals surface area contributed by atoms with Gasteiger partial charge in [0.2, 0.25) is 0 Å². The molecule has 0 aliphatic rings. The van der Waals surface area contributed by atoms with Crippen LogP contribution < -0.4 is 10.6 Å². The Hall–Kier alpha value is -0.160. The van der Waals surface area contributed by atoms with Crippen molar-refractivity contribution in [2.45, 2.75) is 6.42 Å². The largest absolute Gasteiger partial charge is 0.381 e. The van der Waals surface area contributed by atoms with Crippen molar-refractivity contribution in [3.8, 4) is 0 Å². The molecule has 0 spiro atoms. The Balaban J connectivity index is 2.60. The number of aliphatic hydroxyl groups is 2. The first kappa shape index (κ1) is 8.84. The average molecular weight is 134 g/mol. The van der Waals surface area contributed by atoms with E-state index in [0.717, 1.165) is 19.5 Å². The Labute approximate surface area is 54.9 Å². The molecule has 0 aromatic heterocycles. The summed E-state index contributed by atoms with van der Waals surface area (Å²) in [5, 5.41) is 22.0. The van der Waals surface area contributed by atoms with Crippen molar-refractivity contribution < 1.29 is 10.2 Å². The van der Waals surface area contributed by atoms with E-state index in [9.17, 15) is 0 Å². The monoisotopic (exact) mass is 134 g/mol. The van der Waals surface area contributed by atoms with Gasteiger partial charge in [0, 0.05) is 0 Å². The summed E-state index contributed by atoms with van der Waals surface area (Å²) in [6.45, 7) is 1.62. The quantitative estimate of drug-likeness (QED) is 0.262. The van der Waals surface area contributed by atoms with Crippen LogP contribution >= 0.6 is 0 Å². The topological polar surface area (TPSA) is 64.5 Å². The lowest BCUT2D eigenvalue weighted by Crippen LogP contribution is -2.22. The number of rotatable bonds is 6. The molecule has 0 bridgehead atoms. The van der Waals surface area contributed by atoms with E-state index in [1.807, 2.05) is 0 Å². The Kier molecular flexibility index (Phi) is 7.70. The normalized spacial score (nSPS) is 10.0. The number of nitrogens with one attached hydrogen (secondary N) is 2. The molecular weight excluding hydrogens is 120 g/mol. The highest BCUT2D eigenvalue weighted by Gasteiger charge is 1.83. The highest BCUT2D eigenvalue weighted by molar-refractivity contribution is 4.44. The number of hydrogen-bond acceptors (Lipinski definition) is 4. The van der Waals surface area contributed by atoms with Crippen molar-refractivity contribution in [2.75, 3.05) is 26.6 Å². The third kappa shape index (κ3) is 7.84. The van der Waals surface area contributed by atoms with E-state index >= 15 is 0 Å². The molecule has 9 heavy (non-hydrogen) atoms. The molecule has 0 heterocycles. The third-order valence-electron chi connectivity index (χ3n) is 0.931. The van der Waals surface area contributed by atoms with Crippen LogP contribution in [0.1, 0.15) is 6.42 Å². The van der Waals surface area contributed by atoms with Gasteiger partial charge in [-0.25, -0.2) is 0 Å². The van der Waals surface area contributed by atoms with Gasteiger partial charge in [-0.15, -0.1) is 0 Å². The summed E-state index contributed by atoms with van der Waals surface area (Å²) >= 11 is 0.